The second kappa shape index (κ2) is 7.03. The lowest BCUT2D eigenvalue weighted by Gasteiger charge is -2.05. The highest BCUT2D eigenvalue weighted by atomic mass is 79.9. The molecule has 138 valence electrons. The van der Waals surface area contributed by atoms with Gasteiger partial charge >= 0.3 is 6.18 Å². The summed E-state index contributed by atoms with van der Waals surface area (Å²) in [4.78, 5) is 19.1. The molecule has 1 aromatic carbocycles. The van der Waals surface area contributed by atoms with E-state index in [1.165, 1.54) is 30.5 Å². The maximum Gasteiger partial charge on any atom is 0.454 e. The van der Waals surface area contributed by atoms with Crippen LogP contribution >= 0.6 is 15.9 Å². The van der Waals surface area contributed by atoms with Crippen molar-refractivity contribution in [1.82, 2.24) is 14.5 Å². The zero-order valence-corrected chi connectivity index (χ0v) is 15.4. The fourth-order valence-corrected chi connectivity index (χ4v) is 3.04. The number of ketones is 1. The minimum absolute atomic E-state index is 0.0544. The van der Waals surface area contributed by atoms with Crippen molar-refractivity contribution in [2.24, 2.45) is 0 Å². The third kappa shape index (κ3) is 3.66. The lowest BCUT2D eigenvalue weighted by molar-refractivity contribution is -0.0884. The number of carbonyl (C=O) groups excluding carboxylic acids is 1. The summed E-state index contributed by atoms with van der Waals surface area (Å²) in [5.41, 5.74) is 0.530. The van der Waals surface area contributed by atoms with Gasteiger partial charge in [-0.3, -0.25) is 4.79 Å². The molecular formula is C19H13BrF3N3O. The summed E-state index contributed by atoms with van der Waals surface area (Å²) in [5, 5.41) is 0.198. The predicted molar refractivity (Wildman–Crippen MR) is 104 cm³/mol. The summed E-state index contributed by atoms with van der Waals surface area (Å²) in [6.45, 7) is 7.28. The van der Waals surface area contributed by atoms with Crippen LogP contribution in [0, 0.1) is 0 Å². The number of benzene rings is 1. The molecule has 0 unspecified atom stereocenters. The van der Waals surface area contributed by atoms with E-state index in [9.17, 15) is 18.0 Å². The predicted octanol–water partition coefficient (Wildman–Crippen LogP) is 5.79. The van der Waals surface area contributed by atoms with Crippen molar-refractivity contribution in [3.63, 3.8) is 0 Å². The van der Waals surface area contributed by atoms with Gasteiger partial charge in [0.25, 0.3) is 5.78 Å². The average Bonchev–Trinajstić information content (AvgIpc) is 3.18. The number of hydrogen-bond acceptors (Lipinski definition) is 2. The first-order valence-electron chi connectivity index (χ1n) is 7.69. The van der Waals surface area contributed by atoms with Crippen LogP contribution in [-0.4, -0.2) is 26.5 Å². The van der Waals surface area contributed by atoms with Gasteiger partial charge in [0.15, 0.2) is 0 Å². The van der Waals surface area contributed by atoms with Gasteiger partial charge < -0.3 is 9.55 Å². The van der Waals surface area contributed by atoms with Gasteiger partial charge in [0, 0.05) is 27.8 Å². The molecule has 0 aliphatic heterocycles. The Balaban J connectivity index is 2.13. The van der Waals surface area contributed by atoms with Crippen LogP contribution < -0.4 is 0 Å². The number of imidazole rings is 1. The lowest BCUT2D eigenvalue weighted by Crippen LogP contribution is -2.23. The van der Waals surface area contributed by atoms with Gasteiger partial charge in [0.2, 0.25) is 0 Å². The second-order valence-corrected chi connectivity index (χ2v) is 6.50. The van der Waals surface area contributed by atoms with Crippen LogP contribution in [0.3, 0.4) is 0 Å². The Bertz CT molecular complexity index is 1060. The fourth-order valence-electron chi connectivity index (χ4n) is 2.68. The number of hydrogen-bond donors (Lipinski definition) is 1. The molecule has 0 saturated heterocycles. The van der Waals surface area contributed by atoms with E-state index < -0.39 is 17.5 Å². The topological polar surface area (TPSA) is 50.7 Å². The maximum atomic E-state index is 13.1. The number of nitrogens with zero attached hydrogens (tertiary/aromatic N) is 2. The van der Waals surface area contributed by atoms with E-state index >= 15 is 0 Å². The largest absolute Gasteiger partial charge is 0.454 e. The molecule has 0 saturated carbocycles. The highest BCUT2D eigenvalue weighted by molar-refractivity contribution is 9.10. The maximum absolute atomic E-state index is 13.1. The summed E-state index contributed by atoms with van der Waals surface area (Å²) < 4.78 is 41.5. The van der Waals surface area contributed by atoms with Gasteiger partial charge in [0.1, 0.15) is 5.82 Å². The molecular weight excluding hydrogens is 423 g/mol. The van der Waals surface area contributed by atoms with Crippen LogP contribution in [-0.2, 0) is 0 Å². The highest BCUT2D eigenvalue weighted by Gasteiger charge is 2.41. The Labute approximate surface area is 160 Å². The molecule has 0 amide bonds. The molecule has 0 atom stereocenters. The summed E-state index contributed by atoms with van der Waals surface area (Å²) >= 11 is 3.27. The summed E-state index contributed by atoms with van der Waals surface area (Å²) in [6, 6.07) is 4.66. The fraction of sp³-hybridized carbons (Fsp3) is 0.0526. The molecule has 3 rings (SSSR count). The molecule has 2 heterocycles. The number of carbonyl (C=O) groups is 1. The van der Waals surface area contributed by atoms with E-state index in [-0.39, 0.29) is 11.1 Å². The number of alkyl halides is 3. The molecule has 1 N–H and O–H groups in total. The van der Waals surface area contributed by atoms with Crippen LogP contribution in [0.4, 0.5) is 13.2 Å². The Kier molecular flexibility index (Phi) is 4.93. The molecule has 4 nitrogen and oxygen atoms in total. The zero-order valence-electron chi connectivity index (χ0n) is 13.8. The summed E-state index contributed by atoms with van der Waals surface area (Å²) in [7, 11) is 0. The van der Waals surface area contributed by atoms with Crippen LogP contribution in [0.2, 0.25) is 0 Å². The van der Waals surface area contributed by atoms with E-state index in [1.807, 2.05) is 0 Å². The van der Waals surface area contributed by atoms with Crippen molar-refractivity contribution >= 4 is 57.0 Å². The third-order valence-electron chi connectivity index (χ3n) is 3.85. The minimum atomic E-state index is -4.98. The van der Waals surface area contributed by atoms with Gasteiger partial charge in [-0.25, -0.2) is 4.98 Å². The third-order valence-corrected chi connectivity index (χ3v) is 4.35. The summed E-state index contributed by atoms with van der Waals surface area (Å²) in [6.07, 6.45) is 2.63. The monoisotopic (exact) mass is 435 g/mol. The van der Waals surface area contributed by atoms with E-state index in [0.29, 0.717) is 21.5 Å². The molecule has 8 heteroatoms. The molecule has 0 fully saturated rings. The van der Waals surface area contributed by atoms with Crippen molar-refractivity contribution < 1.29 is 18.0 Å². The number of aromatic amines is 1. The standard InChI is InChI=1S/C19H13BrF3N3O/c1-3-16-24-12(10-26(16)4-2)6-8-14-17(18(27)19(21,22)23)13-7-5-11(20)9-15(13)25-14/h3-10,25H,1-2H2/b8-6+. The molecule has 27 heavy (non-hydrogen) atoms. The molecule has 2 aromatic heterocycles. The van der Waals surface area contributed by atoms with Gasteiger partial charge in [-0.05, 0) is 30.4 Å². The molecule has 0 spiro atoms. The molecule has 0 aliphatic carbocycles. The van der Waals surface area contributed by atoms with E-state index in [1.54, 1.807) is 22.9 Å². The molecule has 3 aromatic rings. The normalized spacial score (nSPS) is 12.0. The SMILES string of the molecule is C=Cc1nc(/C=C/c2[nH]c3cc(Br)ccc3c2C(=O)C(F)(F)F)cn1C=C. The van der Waals surface area contributed by atoms with Crippen LogP contribution in [0.5, 0.6) is 0 Å². The Hall–Kier alpha value is -2.87. The first-order chi connectivity index (χ1) is 12.7. The number of rotatable bonds is 5. The van der Waals surface area contributed by atoms with Gasteiger partial charge in [-0.2, -0.15) is 13.2 Å². The smallest absolute Gasteiger partial charge is 0.354 e. The van der Waals surface area contributed by atoms with E-state index in [4.69, 9.17) is 0 Å². The molecule has 0 radical (unpaired) electrons. The Morgan fingerprint density at radius 2 is 2.00 bits per heavy atom. The quantitative estimate of drug-likeness (QED) is 0.515. The number of nitrogens with one attached hydrogen (secondary N) is 1. The number of aromatic nitrogens is 3. The number of Topliss-reactive ketones (excluding diaryl/α,β-unsaturated/α-hetero) is 1. The Morgan fingerprint density at radius 3 is 2.59 bits per heavy atom. The van der Waals surface area contributed by atoms with E-state index in [0.717, 1.165) is 0 Å². The first-order valence-corrected chi connectivity index (χ1v) is 8.48. The van der Waals surface area contributed by atoms with Crippen LogP contribution in [0.25, 0.3) is 35.3 Å². The van der Waals surface area contributed by atoms with Gasteiger partial charge in [-0.1, -0.05) is 35.2 Å². The van der Waals surface area contributed by atoms with Crippen LogP contribution in [0.1, 0.15) is 27.6 Å². The zero-order chi connectivity index (χ0) is 19.8. The minimum Gasteiger partial charge on any atom is -0.354 e. The van der Waals surface area contributed by atoms with Crippen molar-refractivity contribution in [2.45, 2.75) is 6.18 Å². The van der Waals surface area contributed by atoms with E-state index in [2.05, 4.69) is 39.1 Å². The number of fused-ring (bicyclic) bond motifs is 1. The lowest BCUT2D eigenvalue weighted by atomic mass is 10.1. The first kappa shape index (κ1) is 18.9. The van der Waals surface area contributed by atoms with Gasteiger partial charge in [0.05, 0.1) is 17.0 Å². The van der Waals surface area contributed by atoms with Crippen molar-refractivity contribution in [3.05, 3.63) is 64.8 Å². The number of H-pyrrole nitrogens is 1. The summed E-state index contributed by atoms with van der Waals surface area (Å²) in [5.74, 6) is -1.36. The van der Waals surface area contributed by atoms with Gasteiger partial charge in [-0.15, -0.1) is 0 Å². The van der Waals surface area contributed by atoms with Crippen molar-refractivity contribution in [1.29, 1.82) is 0 Å². The Morgan fingerprint density at radius 1 is 1.26 bits per heavy atom. The van der Waals surface area contributed by atoms with Crippen LogP contribution in [0.15, 0.2) is 42.0 Å². The second-order valence-electron chi connectivity index (χ2n) is 5.58. The number of halogens is 4. The van der Waals surface area contributed by atoms with Crippen molar-refractivity contribution in [2.75, 3.05) is 0 Å². The molecule has 0 aliphatic rings. The highest BCUT2D eigenvalue weighted by Crippen LogP contribution is 2.32. The van der Waals surface area contributed by atoms with Crippen molar-refractivity contribution in [3.8, 4) is 0 Å². The molecule has 0 bridgehead atoms. The average molecular weight is 436 g/mol.